The van der Waals surface area contributed by atoms with Gasteiger partial charge in [0.25, 0.3) is 0 Å². The van der Waals surface area contributed by atoms with Crippen LogP contribution in [0.2, 0.25) is 0 Å². The number of ketones is 2. The summed E-state index contributed by atoms with van der Waals surface area (Å²) in [5.74, 6) is 1.77. The Morgan fingerprint density at radius 1 is 1.10 bits per heavy atom. The molecule has 1 unspecified atom stereocenters. The molecular weight excluding hydrogens is 396 g/mol. The van der Waals surface area contributed by atoms with Gasteiger partial charge in [0.2, 0.25) is 5.91 Å². The Morgan fingerprint density at radius 2 is 1.93 bits per heavy atom. The number of carbonyl (C=O) groups is 3. The molecule has 2 aromatic rings. The van der Waals surface area contributed by atoms with Gasteiger partial charge < -0.3 is 0 Å². The smallest absolute Gasteiger partial charge is 0.232 e. The second kappa shape index (κ2) is 8.22. The predicted molar refractivity (Wildman–Crippen MR) is 115 cm³/mol. The van der Waals surface area contributed by atoms with Crippen molar-refractivity contribution in [3.05, 3.63) is 39.6 Å². The van der Waals surface area contributed by atoms with Crippen LogP contribution in [0.1, 0.15) is 81.8 Å². The van der Waals surface area contributed by atoms with Crippen LogP contribution in [0.15, 0.2) is 18.7 Å². The minimum atomic E-state index is 0.0573. The van der Waals surface area contributed by atoms with Gasteiger partial charge in [-0.25, -0.2) is 4.98 Å². The average molecular weight is 425 g/mol. The van der Waals surface area contributed by atoms with Crippen LogP contribution in [0.5, 0.6) is 0 Å². The molecule has 0 radical (unpaired) electrons. The highest BCUT2D eigenvalue weighted by Crippen LogP contribution is 2.41. The summed E-state index contributed by atoms with van der Waals surface area (Å²) in [5.41, 5.74) is 2.00. The van der Waals surface area contributed by atoms with E-state index < -0.39 is 0 Å². The largest absolute Gasteiger partial charge is 0.299 e. The summed E-state index contributed by atoms with van der Waals surface area (Å²) in [6, 6.07) is 0. The van der Waals surface area contributed by atoms with Gasteiger partial charge in [0, 0.05) is 52.9 Å². The molecule has 0 aliphatic heterocycles. The Balaban J connectivity index is 1.36. The van der Waals surface area contributed by atoms with E-state index in [1.165, 1.54) is 17.7 Å². The molecule has 2 aromatic heterocycles. The van der Waals surface area contributed by atoms with Gasteiger partial charge in [0.1, 0.15) is 12.1 Å². The van der Waals surface area contributed by atoms with E-state index in [0.717, 1.165) is 60.4 Å². The zero-order valence-corrected chi connectivity index (χ0v) is 18.1. The molecule has 158 valence electrons. The van der Waals surface area contributed by atoms with Gasteiger partial charge in [-0.15, -0.1) is 11.3 Å². The maximum Gasteiger partial charge on any atom is 0.232 e. The third kappa shape index (κ3) is 4.34. The van der Waals surface area contributed by atoms with Crippen molar-refractivity contribution in [3.8, 4) is 0 Å². The van der Waals surface area contributed by atoms with Crippen LogP contribution in [-0.4, -0.2) is 27.0 Å². The summed E-state index contributed by atoms with van der Waals surface area (Å²) in [7, 11) is 0. The van der Waals surface area contributed by atoms with E-state index >= 15 is 0 Å². The second-order valence-electron chi connectivity index (χ2n) is 9.30. The summed E-state index contributed by atoms with van der Waals surface area (Å²) in [6.07, 6.45) is 14.5. The molecule has 0 amide bonds. The van der Waals surface area contributed by atoms with Crippen LogP contribution in [0.4, 0.5) is 0 Å². The van der Waals surface area contributed by atoms with Gasteiger partial charge >= 0.3 is 0 Å². The fourth-order valence-corrected chi connectivity index (χ4v) is 6.05. The lowest BCUT2D eigenvalue weighted by molar-refractivity contribution is -0.119. The minimum Gasteiger partial charge on any atom is -0.299 e. The van der Waals surface area contributed by atoms with Crippen molar-refractivity contribution in [2.45, 2.75) is 70.6 Å². The van der Waals surface area contributed by atoms with Crippen molar-refractivity contribution >= 4 is 28.8 Å². The van der Waals surface area contributed by atoms with Gasteiger partial charge in [-0.3, -0.25) is 19.0 Å². The summed E-state index contributed by atoms with van der Waals surface area (Å²) >= 11 is 1.69. The molecule has 2 heterocycles. The molecule has 0 saturated heterocycles. The standard InChI is InChI=1S/C24H28N2O3S/c27-19(7-3-15-1-2-15)24-18-11-16(12-23(29)26-10-9-25-14-26)4-8-21(18)30-22(24)13-20(28)17-5-6-17/h9-10,14-17H,1-8,11-13H2. The molecule has 0 N–H and O–H groups in total. The summed E-state index contributed by atoms with van der Waals surface area (Å²) in [5, 5.41) is 0. The maximum absolute atomic E-state index is 13.2. The third-order valence-electron chi connectivity index (χ3n) is 6.81. The Hall–Kier alpha value is -2.08. The van der Waals surface area contributed by atoms with Crippen LogP contribution >= 0.6 is 11.3 Å². The number of aryl methyl sites for hydroxylation is 1. The number of fused-ring (bicyclic) bond motifs is 1. The highest BCUT2D eigenvalue weighted by atomic mass is 32.1. The summed E-state index contributed by atoms with van der Waals surface area (Å²) in [6.45, 7) is 0. The van der Waals surface area contributed by atoms with Crippen molar-refractivity contribution in [2.75, 3.05) is 0 Å². The number of imidazole rings is 1. The van der Waals surface area contributed by atoms with Crippen LogP contribution < -0.4 is 0 Å². The van der Waals surface area contributed by atoms with Crippen molar-refractivity contribution in [1.29, 1.82) is 0 Å². The van der Waals surface area contributed by atoms with E-state index in [2.05, 4.69) is 4.98 Å². The van der Waals surface area contributed by atoms with E-state index in [0.29, 0.717) is 25.0 Å². The van der Waals surface area contributed by atoms with Gasteiger partial charge in [0.15, 0.2) is 5.78 Å². The fraction of sp³-hybridized carbons (Fsp3) is 0.583. The van der Waals surface area contributed by atoms with E-state index in [9.17, 15) is 14.4 Å². The highest BCUT2D eigenvalue weighted by Gasteiger charge is 2.34. The summed E-state index contributed by atoms with van der Waals surface area (Å²) < 4.78 is 1.55. The molecule has 0 bridgehead atoms. The molecule has 1 atom stereocenters. The van der Waals surface area contributed by atoms with Gasteiger partial charge in [-0.1, -0.05) is 12.8 Å². The molecule has 5 nitrogen and oxygen atoms in total. The van der Waals surface area contributed by atoms with Gasteiger partial charge in [-0.2, -0.15) is 0 Å². The molecule has 0 aromatic carbocycles. The van der Waals surface area contributed by atoms with E-state index in [-0.39, 0.29) is 23.5 Å². The first-order valence-electron chi connectivity index (χ1n) is 11.3. The van der Waals surface area contributed by atoms with Crippen molar-refractivity contribution < 1.29 is 14.4 Å². The van der Waals surface area contributed by atoms with Crippen molar-refractivity contribution in [1.82, 2.24) is 9.55 Å². The molecule has 2 saturated carbocycles. The number of thiophene rings is 1. The Bertz CT molecular complexity index is 967. The van der Waals surface area contributed by atoms with E-state index in [4.69, 9.17) is 0 Å². The normalized spacial score (nSPS) is 20.7. The number of Topliss-reactive ketones (excluding diaryl/α,β-unsaturated/α-hetero) is 2. The van der Waals surface area contributed by atoms with Crippen molar-refractivity contribution in [2.24, 2.45) is 17.8 Å². The number of aromatic nitrogens is 2. The number of nitrogens with zero attached hydrogens (tertiary/aromatic N) is 2. The van der Waals surface area contributed by atoms with Crippen LogP contribution in [0.3, 0.4) is 0 Å². The molecule has 3 aliphatic carbocycles. The molecule has 30 heavy (non-hydrogen) atoms. The zero-order chi connectivity index (χ0) is 20.7. The lowest BCUT2D eigenvalue weighted by atomic mass is 9.82. The quantitative estimate of drug-likeness (QED) is 0.548. The molecule has 6 heteroatoms. The minimum absolute atomic E-state index is 0.0573. The van der Waals surface area contributed by atoms with Crippen LogP contribution in [-0.2, 0) is 24.1 Å². The Kier molecular flexibility index (Phi) is 5.44. The SMILES string of the molecule is O=C(CCC1CC1)c1c(CC(=O)C2CC2)sc2c1CC(CC(=O)n1ccnc1)CC2. The van der Waals surface area contributed by atoms with Crippen LogP contribution in [0, 0.1) is 17.8 Å². The van der Waals surface area contributed by atoms with Gasteiger partial charge in [-0.05, 0) is 55.9 Å². The zero-order valence-electron chi connectivity index (χ0n) is 17.3. The Morgan fingerprint density at radius 3 is 2.63 bits per heavy atom. The topological polar surface area (TPSA) is 69.0 Å². The molecule has 5 rings (SSSR count). The number of rotatable bonds is 9. The predicted octanol–water partition coefficient (Wildman–Crippen LogP) is 4.67. The lowest BCUT2D eigenvalue weighted by Gasteiger charge is -2.22. The number of carbonyl (C=O) groups excluding carboxylic acids is 3. The van der Waals surface area contributed by atoms with Crippen molar-refractivity contribution in [3.63, 3.8) is 0 Å². The fourth-order valence-electron chi connectivity index (χ4n) is 4.67. The number of hydrogen-bond donors (Lipinski definition) is 0. The van der Waals surface area contributed by atoms with Gasteiger partial charge in [0.05, 0.1) is 0 Å². The van der Waals surface area contributed by atoms with E-state index in [1.807, 2.05) is 0 Å². The monoisotopic (exact) mass is 424 g/mol. The first kappa shape index (κ1) is 19.9. The van der Waals surface area contributed by atoms with E-state index in [1.54, 1.807) is 34.6 Å². The molecule has 3 aliphatic rings. The third-order valence-corrected chi connectivity index (χ3v) is 8.11. The first-order valence-corrected chi connectivity index (χ1v) is 12.1. The lowest BCUT2D eigenvalue weighted by Crippen LogP contribution is -2.21. The maximum atomic E-state index is 13.2. The first-order chi connectivity index (χ1) is 14.6. The molecule has 2 fully saturated rings. The molecule has 0 spiro atoms. The van der Waals surface area contributed by atoms with Crippen LogP contribution in [0.25, 0.3) is 0 Å². The highest BCUT2D eigenvalue weighted by molar-refractivity contribution is 7.12. The summed E-state index contributed by atoms with van der Waals surface area (Å²) in [4.78, 5) is 44.5. The molecular formula is C24H28N2O3S. The second-order valence-corrected chi connectivity index (χ2v) is 10.5. The Labute approximate surface area is 180 Å². The average Bonchev–Trinajstić information content (AvgIpc) is 3.65. The number of hydrogen-bond acceptors (Lipinski definition) is 5.